The van der Waals surface area contributed by atoms with E-state index in [9.17, 15) is 4.79 Å². The van der Waals surface area contributed by atoms with E-state index in [2.05, 4.69) is 15.9 Å². The van der Waals surface area contributed by atoms with Crippen molar-refractivity contribution >= 4 is 21.7 Å². The van der Waals surface area contributed by atoms with Gasteiger partial charge in [-0.05, 0) is 25.8 Å². The molecule has 0 saturated carbocycles. The van der Waals surface area contributed by atoms with E-state index in [4.69, 9.17) is 0 Å². The van der Waals surface area contributed by atoms with Gasteiger partial charge in [0.25, 0.3) is 0 Å². The number of ketones is 1. The zero-order chi connectivity index (χ0) is 10.7. The van der Waals surface area contributed by atoms with Crippen molar-refractivity contribution in [2.75, 3.05) is 0 Å². The fourth-order valence-corrected chi connectivity index (χ4v) is 1.69. The molecule has 14 heavy (non-hydrogen) atoms. The lowest BCUT2D eigenvalue weighted by atomic mass is 10.00. The first kappa shape index (κ1) is 11.4. The van der Waals surface area contributed by atoms with Gasteiger partial charge < -0.3 is 0 Å². The maximum atomic E-state index is 11.9. The van der Waals surface area contributed by atoms with Crippen LogP contribution in [0.2, 0.25) is 0 Å². The minimum absolute atomic E-state index is 0.0519. The van der Waals surface area contributed by atoms with Crippen molar-refractivity contribution in [3.63, 3.8) is 0 Å². The van der Waals surface area contributed by atoms with Crippen LogP contribution in [-0.4, -0.2) is 10.6 Å². The van der Waals surface area contributed by atoms with Crippen LogP contribution in [0.4, 0.5) is 0 Å². The highest BCUT2D eigenvalue weighted by Gasteiger charge is 2.16. The third-order valence-corrected chi connectivity index (χ3v) is 3.35. The van der Waals surface area contributed by atoms with Gasteiger partial charge in [-0.1, -0.05) is 46.6 Å². The van der Waals surface area contributed by atoms with Crippen molar-refractivity contribution in [3.05, 3.63) is 34.9 Å². The summed E-state index contributed by atoms with van der Waals surface area (Å²) in [5.74, 6) is 0.185. The standard InChI is InChI=1S/C12H15BrO/c1-4-11(13)12(14)10-6-5-8(2)7-9(10)3/h5-7,11H,4H2,1-3H3. The smallest absolute Gasteiger partial charge is 0.176 e. The van der Waals surface area contributed by atoms with Crippen LogP contribution in [0.3, 0.4) is 0 Å². The van der Waals surface area contributed by atoms with Crippen molar-refractivity contribution in [1.82, 2.24) is 0 Å². The SMILES string of the molecule is CCC(Br)C(=O)c1ccc(C)cc1C. The topological polar surface area (TPSA) is 17.1 Å². The van der Waals surface area contributed by atoms with Crippen LogP contribution in [0.5, 0.6) is 0 Å². The maximum Gasteiger partial charge on any atom is 0.176 e. The summed E-state index contributed by atoms with van der Waals surface area (Å²) in [5, 5.41) is 0. The van der Waals surface area contributed by atoms with E-state index in [1.807, 2.05) is 39.0 Å². The van der Waals surface area contributed by atoms with E-state index in [1.165, 1.54) is 5.56 Å². The maximum absolute atomic E-state index is 11.9. The van der Waals surface area contributed by atoms with Crippen LogP contribution in [0, 0.1) is 13.8 Å². The molecule has 0 saturated heterocycles. The van der Waals surface area contributed by atoms with E-state index in [1.54, 1.807) is 0 Å². The molecule has 0 radical (unpaired) electrons. The van der Waals surface area contributed by atoms with Gasteiger partial charge in [-0.2, -0.15) is 0 Å². The fourth-order valence-electron chi connectivity index (χ4n) is 1.44. The van der Waals surface area contributed by atoms with Gasteiger partial charge >= 0.3 is 0 Å². The van der Waals surface area contributed by atoms with Gasteiger partial charge in [0, 0.05) is 5.56 Å². The third kappa shape index (κ3) is 2.44. The molecule has 1 rings (SSSR count). The molecule has 0 heterocycles. The van der Waals surface area contributed by atoms with Gasteiger partial charge in [0.05, 0.1) is 4.83 Å². The number of halogens is 1. The summed E-state index contributed by atoms with van der Waals surface area (Å²) < 4.78 is 0. The normalized spacial score (nSPS) is 12.6. The number of aryl methyl sites for hydroxylation is 2. The average Bonchev–Trinajstić information content (AvgIpc) is 2.15. The van der Waals surface area contributed by atoms with E-state index in [0.29, 0.717) is 0 Å². The molecular formula is C12H15BrO. The van der Waals surface area contributed by atoms with Crippen LogP contribution in [0.15, 0.2) is 18.2 Å². The fraction of sp³-hybridized carbons (Fsp3) is 0.417. The summed E-state index contributed by atoms with van der Waals surface area (Å²) in [4.78, 5) is 11.8. The number of Topliss-reactive ketones (excluding diaryl/α,β-unsaturated/α-hetero) is 1. The molecule has 76 valence electrons. The van der Waals surface area contributed by atoms with Crippen molar-refractivity contribution in [2.45, 2.75) is 32.0 Å². The highest BCUT2D eigenvalue weighted by molar-refractivity contribution is 9.10. The molecule has 2 heteroatoms. The second-order valence-electron chi connectivity index (χ2n) is 3.56. The van der Waals surface area contributed by atoms with Crippen molar-refractivity contribution in [1.29, 1.82) is 0 Å². The van der Waals surface area contributed by atoms with Gasteiger partial charge in [-0.3, -0.25) is 4.79 Å². The second-order valence-corrected chi connectivity index (χ2v) is 4.66. The van der Waals surface area contributed by atoms with Gasteiger partial charge in [-0.25, -0.2) is 0 Å². The van der Waals surface area contributed by atoms with E-state index in [-0.39, 0.29) is 10.6 Å². The van der Waals surface area contributed by atoms with Gasteiger partial charge in [-0.15, -0.1) is 0 Å². The van der Waals surface area contributed by atoms with Crippen LogP contribution in [-0.2, 0) is 0 Å². The lowest BCUT2D eigenvalue weighted by molar-refractivity contribution is 0.0989. The van der Waals surface area contributed by atoms with Crippen molar-refractivity contribution in [2.24, 2.45) is 0 Å². The number of alkyl halides is 1. The molecule has 1 atom stereocenters. The first-order valence-electron chi connectivity index (χ1n) is 4.81. The first-order chi connectivity index (χ1) is 6.56. The molecule has 0 bridgehead atoms. The van der Waals surface area contributed by atoms with E-state index in [0.717, 1.165) is 17.5 Å². The Bertz CT molecular complexity index is 344. The molecule has 0 aliphatic rings. The summed E-state index contributed by atoms with van der Waals surface area (Å²) in [6.45, 7) is 6.02. The molecule has 0 N–H and O–H groups in total. The quantitative estimate of drug-likeness (QED) is 0.595. The molecule has 0 spiro atoms. The summed E-state index contributed by atoms with van der Waals surface area (Å²) >= 11 is 3.38. The van der Waals surface area contributed by atoms with Crippen molar-refractivity contribution < 1.29 is 4.79 Å². The van der Waals surface area contributed by atoms with E-state index >= 15 is 0 Å². The molecule has 1 unspecified atom stereocenters. The molecule has 1 nitrogen and oxygen atoms in total. The second kappa shape index (κ2) is 4.74. The number of carbonyl (C=O) groups excluding carboxylic acids is 1. The Hall–Kier alpha value is -0.630. The van der Waals surface area contributed by atoms with Crippen LogP contribution < -0.4 is 0 Å². The Morgan fingerprint density at radius 2 is 2.07 bits per heavy atom. The third-order valence-electron chi connectivity index (χ3n) is 2.29. The number of benzene rings is 1. The lowest BCUT2D eigenvalue weighted by Gasteiger charge is -2.09. The molecule has 0 amide bonds. The largest absolute Gasteiger partial charge is 0.293 e. The predicted octanol–water partition coefficient (Wildman–Crippen LogP) is 3.66. The van der Waals surface area contributed by atoms with Crippen molar-refractivity contribution in [3.8, 4) is 0 Å². The molecule has 1 aromatic rings. The molecular weight excluding hydrogens is 240 g/mol. The molecule has 0 aliphatic heterocycles. The summed E-state index contributed by atoms with van der Waals surface area (Å²) in [7, 11) is 0. The van der Waals surface area contributed by atoms with E-state index < -0.39 is 0 Å². The average molecular weight is 255 g/mol. The number of rotatable bonds is 3. The highest BCUT2D eigenvalue weighted by atomic mass is 79.9. The summed E-state index contributed by atoms with van der Waals surface area (Å²) in [6, 6.07) is 5.94. The zero-order valence-corrected chi connectivity index (χ0v) is 10.4. The number of carbonyl (C=O) groups is 1. The Balaban J connectivity index is 3.02. The van der Waals surface area contributed by atoms with Gasteiger partial charge in [0.2, 0.25) is 0 Å². The monoisotopic (exact) mass is 254 g/mol. The molecule has 0 fully saturated rings. The molecule has 0 aliphatic carbocycles. The number of hydrogen-bond donors (Lipinski definition) is 0. The summed E-state index contributed by atoms with van der Waals surface area (Å²) in [5.41, 5.74) is 3.09. The molecule has 1 aromatic carbocycles. The zero-order valence-electron chi connectivity index (χ0n) is 8.80. The Morgan fingerprint density at radius 1 is 1.43 bits per heavy atom. The highest BCUT2D eigenvalue weighted by Crippen LogP contribution is 2.17. The first-order valence-corrected chi connectivity index (χ1v) is 5.73. The Morgan fingerprint density at radius 3 is 2.57 bits per heavy atom. The molecule has 0 aromatic heterocycles. The van der Waals surface area contributed by atoms with Crippen LogP contribution in [0.25, 0.3) is 0 Å². The Kier molecular flexibility index (Phi) is 3.87. The van der Waals surface area contributed by atoms with Crippen LogP contribution in [0.1, 0.15) is 34.8 Å². The lowest BCUT2D eigenvalue weighted by Crippen LogP contribution is -2.14. The Labute approximate surface area is 93.7 Å². The van der Waals surface area contributed by atoms with Gasteiger partial charge in [0.15, 0.2) is 5.78 Å². The predicted molar refractivity (Wildman–Crippen MR) is 63.3 cm³/mol. The minimum atomic E-state index is -0.0519. The summed E-state index contributed by atoms with van der Waals surface area (Å²) in [6.07, 6.45) is 0.826. The number of hydrogen-bond acceptors (Lipinski definition) is 1. The van der Waals surface area contributed by atoms with Crippen LogP contribution >= 0.6 is 15.9 Å². The van der Waals surface area contributed by atoms with Gasteiger partial charge in [0.1, 0.15) is 0 Å². The minimum Gasteiger partial charge on any atom is -0.293 e.